The van der Waals surface area contributed by atoms with Gasteiger partial charge in [0.1, 0.15) is 5.69 Å². The lowest BCUT2D eigenvalue weighted by molar-refractivity contribution is -0.656. The molecule has 0 radical (unpaired) electrons. The average Bonchev–Trinajstić information content (AvgIpc) is 2.89. The van der Waals surface area contributed by atoms with Gasteiger partial charge in [-0.05, 0) is 56.1 Å². The molecule has 2 aromatic rings. The van der Waals surface area contributed by atoms with Crippen LogP contribution in [0.3, 0.4) is 0 Å². The summed E-state index contributed by atoms with van der Waals surface area (Å²) >= 11 is 1.86. The molecule has 1 atom stereocenters. The van der Waals surface area contributed by atoms with Gasteiger partial charge in [0.25, 0.3) is 5.72 Å². The molecule has 2 aliphatic heterocycles. The molecule has 3 nitrogen and oxygen atoms in total. The SMILES string of the molecule is Cc1ccc([C@]2(O)CN(c3ccccc3C)C3=[N+]2CCCS3)c(C)c1. The van der Waals surface area contributed by atoms with Crippen molar-refractivity contribution in [1.82, 2.24) is 0 Å². The van der Waals surface area contributed by atoms with Crippen molar-refractivity contribution in [3.63, 3.8) is 0 Å². The van der Waals surface area contributed by atoms with Crippen LogP contribution in [0.2, 0.25) is 0 Å². The molecule has 2 heterocycles. The fourth-order valence-electron chi connectivity index (χ4n) is 4.05. The summed E-state index contributed by atoms with van der Waals surface area (Å²) in [5.74, 6) is 1.11. The lowest BCUT2D eigenvalue weighted by atomic mass is 9.95. The fourth-order valence-corrected chi connectivity index (χ4v) is 5.22. The third-order valence-corrected chi connectivity index (χ3v) is 6.46. The van der Waals surface area contributed by atoms with Crippen molar-refractivity contribution in [2.24, 2.45) is 0 Å². The molecule has 0 saturated carbocycles. The summed E-state index contributed by atoms with van der Waals surface area (Å²) in [5, 5.41) is 13.0. The molecule has 0 saturated heterocycles. The van der Waals surface area contributed by atoms with Gasteiger partial charge in [0.15, 0.2) is 6.54 Å². The molecule has 0 aliphatic carbocycles. The van der Waals surface area contributed by atoms with Gasteiger partial charge in [-0.25, -0.2) is 9.48 Å². The zero-order valence-electron chi connectivity index (χ0n) is 15.1. The van der Waals surface area contributed by atoms with Gasteiger partial charge in [0, 0.05) is 11.3 Å². The van der Waals surface area contributed by atoms with Crippen LogP contribution >= 0.6 is 11.8 Å². The van der Waals surface area contributed by atoms with Crippen molar-refractivity contribution in [2.75, 3.05) is 23.7 Å². The average molecular weight is 354 g/mol. The third-order valence-electron chi connectivity index (χ3n) is 5.26. The van der Waals surface area contributed by atoms with Crippen LogP contribution in [0.25, 0.3) is 0 Å². The van der Waals surface area contributed by atoms with E-state index >= 15 is 0 Å². The number of hydrogen-bond acceptors (Lipinski definition) is 3. The number of para-hydroxylation sites is 1. The second-order valence-corrected chi connectivity index (χ2v) is 8.21. The van der Waals surface area contributed by atoms with Crippen molar-refractivity contribution in [3.8, 4) is 0 Å². The van der Waals surface area contributed by atoms with Crippen LogP contribution in [0.15, 0.2) is 42.5 Å². The van der Waals surface area contributed by atoms with E-state index in [-0.39, 0.29) is 0 Å². The highest BCUT2D eigenvalue weighted by molar-refractivity contribution is 8.13. The Kier molecular flexibility index (Phi) is 4.13. The van der Waals surface area contributed by atoms with Gasteiger partial charge in [-0.2, -0.15) is 0 Å². The number of β-amino-alcohol motifs (C(OH)–C–C–N with tert-alkyl or cyclic N) is 1. The van der Waals surface area contributed by atoms with E-state index in [1.165, 1.54) is 22.0 Å². The number of nitrogens with zero attached hydrogens (tertiary/aromatic N) is 2. The minimum atomic E-state index is -0.969. The second kappa shape index (κ2) is 6.19. The van der Waals surface area contributed by atoms with Crippen LogP contribution in [-0.4, -0.2) is 33.7 Å². The zero-order valence-corrected chi connectivity index (χ0v) is 15.9. The monoisotopic (exact) mass is 353 g/mol. The topological polar surface area (TPSA) is 26.5 Å². The highest BCUT2D eigenvalue weighted by atomic mass is 32.2. The number of hydrogen-bond donors (Lipinski definition) is 1. The summed E-state index contributed by atoms with van der Waals surface area (Å²) in [6.45, 7) is 7.82. The van der Waals surface area contributed by atoms with Gasteiger partial charge in [0.2, 0.25) is 0 Å². The Morgan fingerprint density at radius 3 is 2.64 bits per heavy atom. The molecule has 0 fully saturated rings. The first kappa shape index (κ1) is 16.7. The van der Waals surface area contributed by atoms with Crippen LogP contribution in [0.5, 0.6) is 0 Å². The Hall–Kier alpha value is -1.78. The molecule has 2 aromatic carbocycles. The molecule has 0 unspecified atom stereocenters. The lowest BCUT2D eigenvalue weighted by Crippen LogP contribution is -2.42. The first-order chi connectivity index (χ1) is 12.0. The molecule has 0 spiro atoms. The normalized spacial score (nSPS) is 23.1. The number of thioether (sulfide) groups is 1. The smallest absolute Gasteiger partial charge is 0.316 e. The Morgan fingerprint density at radius 2 is 1.88 bits per heavy atom. The van der Waals surface area contributed by atoms with Crippen molar-refractivity contribution in [2.45, 2.75) is 32.9 Å². The highest BCUT2D eigenvalue weighted by Crippen LogP contribution is 2.39. The standard InChI is InChI=1S/C21H25N2OS/c1-15-9-10-18(17(3)13-15)21(24)14-22(19-8-5-4-7-16(19)2)20-23(21)11-6-12-25-20/h4-5,7-10,13,24H,6,11-12,14H2,1-3H3/q+1/t21-/m1/s1. The van der Waals surface area contributed by atoms with Gasteiger partial charge >= 0.3 is 5.17 Å². The molecule has 4 rings (SSSR count). The Labute approximate surface area is 154 Å². The van der Waals surface area contributed by atoms with Crippen molar-refractivity contribution in [3.05, 3.63) is 64.7 Å². The summed E-state index contributed by atoms with van der Waals surface area (Å²) in [6.07, 6.45) is 1.10. The molecule has 130 valence electrons. The van der Waals surface area contributed by atoms with Crippen LogP contribution < -0.4 is 4.90 Å². The molecule has 4 heteroatoms. The predicted molar refractivity (Wildman–Crippen MR) is 106 cm³/mol. The number of amidine groups is 1. The van der Waals surface area contributed by atoms with Crippen molar-refractivity contribution >= 4 is 22.6 Å². The number of aryl methyl sites for hydroxylation is 3. The minimum Gasteiger partial charge on any atom is -0.346 e. The number of rotatable bonds is 2. The maximum Gasteiger partial charge on any atom is 0.316 e. The van der Waals surface area contributed by atoms with Crippen molar-refractivity contribution in [1.29, 1.82) is 0 Å². The first-order valence-electron chi connectivity index (χ1n) is 8.91. The fraction of sp³-hybridized carbons (Fsp3) is 0.381. The van der Waals surface area contributed by atoms with E-state index in [4.69, 9.17) is 0 Å². The van der Waals surface area contributed by atoms with Gasteiger partial charge in [-0.15, -0.1) is 0 Å². The van der Waals surface area contributed by atoms with Crippen LogP contribution in [0.4, 0.5) is 5.69 Å². The first-order valence-corrected chi connectivity index (χ1v) is 9.90. The Balaban J connectivity index is 1.85. The lowest BCUT2D eigenvalue weighted by Gasteiger charge is -2.26. The Morgan fingerprint density at radius 1 is 1.08 bits per heavy atom. The van der Waals surface area contributed by atoms with E-state index < -0.39 is 5.72 Å². The van der Waals surface area contributed by atoms with Crippen LogP contribution in [0, 0.1) is 20.8 Å². The quantitative estimate of drug-likeness (QED) is 0.832. The molecule has 1 N–H and O–H groups in total. The zero-order chi connectivity index (χ0) is 17.6. The van der Waals surface area contributed by atoms with Gasteiger partial charge in [-0.1, -0.05) is 42.0 Å². The molecule has 0 bridgehead atoms. The van der Waals surface area contributed by atoms with E-state index in [2.05, 4.69) is 72.7 Å². The van der Waals surface area contributed by atoms with Gasteiger partial charge in [-0.3, -0.25) is 0 Å². The summed E-state index contributed by atoms with van der Waals surface area (Å²) in [4.78, 5) is 2.30. The molecular weight excluding hydrogens is 328 g/mol. The largest absolute Gasteiger partial charge is 0.346 e. The number of anilines is 1. The molecule has 2 aliphatic rings. The Bertz CT molecular complexity index is 861. The van der Waals surface area contributed by atoms with E-state index in [0.717, 1.165) is 29.8 Å². The maximum atomic E-state index is 11.8. The van der Waals surface area contributed by atoms with Gasteiger partial charge < -0.3 is 5.11 Å². The van der Waals surface area contributed by atoms with Gasteiger partial charge in [0.05, 0.1) is 6.54 Å². The van der Waals surface area contributed by atoms with E-state index in [1.54, 1.807) is 0 Å². The second-order valence-electron chi connectivity index (χ2n) is 7.14. The molecular formula is C21H25N2OS+. The van der Waals surface area contributed by atoms with Crippen molar-refractivity contribution < 1.29 is 9.68 Å². The highest BCUT2D eigenvalue weighted by Gasteiger charge is 2.53. The van der Waals surface area contributed by atoms with E-state index in [0.29, 0.717) is 6.54 Å². The minimum absolute atomic E-state index is 0.573. The third kappa shape index (κ3) is 2.68. The predicted octanol–water partition coefficient (Wildman–Crippen LogP) is 3.78. The van der Waals surface area contributed by atoms with E-state index in [9.17, 15) is 5.11 Å². The molecule has 0 aromatic heterocycles. The summed E-state index contributed by atoms with van der Waals surface area (Å²) < 4.78 is 2.21. The number of benzene rings is 2. The number of aliphatic hydroxyl groups is 1. The summed E-state index contributed by atoms with van der Waals surface area (Å²) in [6, 6.07) is 14.8. The maximum absolute atomic E-state index is 11.8. The van der Waals surface area contributed by atoms with E-state index in [1.807, 2.05) is 11.8 Å². The summed E-state index contributed by atoms with van der Waals surface area (Å²) in [5.41, 5.74) is 4.88. The van der Waals surface area contributed by atoms with Crippen LogP contribution in [0.1, 0.15) is 28.7 Å². The summed E-state index contributed by atoms with van der Waals surface area (Å²) in [7, 11) is 0. The van der Waals surface area contributed by atoms with Crippen LogP contribution in [-0.2, 0) is 5.72 Å². The molecule has 25 heavy (non-hydrogen) atoms. The molecule has 0 amide bonds.